The highest BCUT2D eigenvalue weighted by molar-refractivity contribution is 5.93. The highest BCUT2D eigenvalue weighted by Gasteiger charge is 2.19. The van der Waals surface area contributed by atoms with E-state index in [4.69, 9.17) is 19.6 Å². The standard InChI is InChI=1S/C25H23FN2O4/c1-2-30-22(29)13-16-5-3-4-6-21(16)32-15-19-11-18-8-10-31-25(18)23(24(19)26)17-7-9-28-20(12-17)14-27/h3-12H,2,13-15,27H2,1H3. The molecule has 164 valence electrons. The number of nitrogens with zero attached hydrogens (tertiary/aromatic N) is 1. The van der Waals surface area contributed by atoms with E-state index in [1.54, 1.807) is 55.6 Å². The predicted octanol–water partition coefficient (Wildman–Crippen LogP) is 4.78. The number of nitrogens with two attached hydrogens (primary N) is 1. The number of esters is 1. The molecule has 4 rings (SSSR count). The van der Waals surface area contributed by atoms with Gasteiger partial charge in [0.1, 0.15) is 23.8 Å². The maximum absolute atomic E-state index is 15.6. The van der Waals surface area contributed by atoms with Crippen LogP contribution < -0.4 is 10.5 Å². The van der Waals surface area contributed by atoms with Crippen LogP contribution in [0, 0.1) is 5.82 Å². The molecule has 7 heteroatoms. The van der Waals surface area contributed by atoms with E-state index >= 15 is 4.39 Å². The fourth-order valence-electron chi connectivity index (χ4n) is 3.57. The van der Waals surface area contributed by atoms with Crippen molar-refractivity contribution < 1.29 is 23.1 Å². The molecule has 0 radical (unpaired) electrons. The van der Waals surface area contributed by atoms with E-state index in [2.05, 4.69) is 4.98 Å². The fraction of sp³-hybridized carbons (Fsp3) is 0.200. The lowest BCUT2D eigenvalue weighted by molar-refractivity contribution is -0.142. The van der Waals surface area contributed by atoms with Crippen LogP contribution >= 0.6 is 0 Å². The Kier molecular flexibility index (Phi) is 6.47. The quantitative estimate of drug-likeness (QED) is 0.402. The van der Waals surface area contributed by atoms with Crippen molar-refractivity contribution >= 4 is 16.9 Å². The second-order valence-electron chi connectivity index (χ2n) is 7.18. The minimum absolute atomic E-state index is 0.0192. The highest BCUT2D eigenvalue weighted by atomic mass is 19.1. The Morgan fingerprint density at radius 3 is 2.81 bits per heavy atom. The summed E-state index contributed by atoms with van der Waals surface area (Å²) in [6, 6.07) is 14.1. The van der Waals surface area contributed by atoms with Gasteiger partial charge in [0, 0.05) is 29.3 Å². The minimum atomic E-state index is -0.440. The van der Waals surface area contributed by atoms with Gasteiger partial charge in [0.25, 0.3) is 0 Å². The molecule has 2 aromatic heterocycles. The number of hydrogen-bond acceptors (Lipinski definition) is 6. The molecule has 0 aliphatic rings. The Labute approximate surface area is 184 Å². The van der Waals surface area contributed by atoms with Gasteiger partial charge in [-0.3, -0.25) is 9.78 Å². The van der Waals surface area contributed by atoms with Gasteiger partial charge in [-0.15, -0.1) is 0 Å². The Balaban J connectivity index is 1.67. The summed E-state index contributed by atoms with van der Waals surface area (Å²) in [6.45, 7) is 2.29. The van der Waals surface area contributed by atoms with Gasteiger partial charge in [0.15, 0.2) is 0 Å². The van der Waals surface area contributed by atoms with E-state index in [0.717, 1.165) is 5.39 Å². The lowest BCUT2D eigenvalue weighted by Gasteiger charge is -2.14. The number of furan rings is 1. The lowest BCUT2D eigenvalue weighted by Crippen LogP contribution is -2.09. The normalized spacial score (nSPS) is 11.0. The monoisotopic (exact) mass is 434 g/mol. The van der Waals surface area contributed by atoms with Crippen LogP contribution in [-0.2, 0) is 29.1 Å². The number of halogens is 1. The van der Waals surface area contributed by atoms with Crippen LogP contribution in [0.2, 0.25) is 0 Å². The smallest absolute Gasteiger partial charge is 0.310 e. The molecular weight excluding hydrogens is 411 g/mol. The van der Waals surface area contributed by atoms with Gasteiger partial charge >= 0.3 is 5.97 Å². The number of aromatic nitrogens is 1. The Morgan fingerprint density at radius 1 is 1.16 bits per heavy atom. The zero-order chi connectivity index (χ0) is 22.5. The van der Waals surface area contributed by atoms with E-state index < -0.39 is 5.82 Å². The van der Waals surface area contributed by atoms with Crippen LogP contribution in [0.4, 0.5) is 4.39 Å². The predicted molar refractivity (Wildman–Crippen MR) is 118 cm³/mol. The largest absolute Gasteiger partial charge is 0.488 e. The summed E-state index contributed by atoms with van der Waals surface area (Å²) in [6.07, 6.45) is 3.20. The molecule has 0 aliphatic carbocycles. The molecular formula is C25H23FN2O4. The summed E-state index contributed by atoms with van der Waals surface area (Å²) in [5.41, 5.74) is 8.81. The second kappa shape index (κ2) is 9.62. The van der Waals surface area contributed by atoms with Gasteiger partial charge in [0.2, 0.25) is 0 Å². The number of para-hydroxylation sites is 1. The summed E-state index contributed by atoms with van der Waals surface area (Å²) in [7, 11) is 0. The number of hydrogen-bond donors (Lipinski definition) is 1. The average molecular weight is 434 g/mol. The van der Waals surface area contributed by atoms with Gasteiger partial charge in [-0.25, -0.2) is 4.39 Å². The molecule has 0 amide bonds. The van der Waals surface area contributed by atoms with E-state index in [1.165, 1.54) is 6.26 Å². The van der Waals surface area contributed by atoms with Crippen molar-refractivity contribution in [2.24, 2.45) is 5.73 Å². The zero-order valence-electron chi connectivity index (χ0n) is 17.6. The van der Waals surface area contributed by atoms with Crippen molar-refractivity contribution in [2.75, 3.05) is 6.61 Å². The summed E-state index contributed by atoms with van der Waals surface area (Å²) < 4.78 is 32.2. The highest BCUT2D eigenvalue weighted by Crippen LogP contribution is 2.35. The van der Waals surface area contributed by atoms with Gasteiger partial charge in [-0.1, -0.05) is 18.2 Å². The molecule has 4 aromatic rings. The molecule has 2 heterocycles. The minimum Gasteiger partial charge on any atom is -0.488 e. The second-order valence-corrected chi connectivity index (χ2v) is 7.18. The summed E-state index contributed by atoms with van der Waals surface area (Å²) in [5, 5.41) is 0.755. The first-order chi connectivity index (χ1) is 15.6. The third kappa shape index (κ3) is 4.48. The van der Waals surface area contributed by atoms with Crippen LogP contribution in [0.5, 0.6) is 5.75 Å². The number of fused-ring (bicyclic) bond motifs is 1. The molecule has 2 N–H and O–H groups in total. The number of rotatable bonds is 8. The molecule has 6 nitrogen and oxygen atoms in total. The number of pyridine rings is 1. The first-order valence-corrected chi connectivity index (χ1v) is 10.3. The number of ether oxygens (including phenoxy) is 2. The molecule has 0 bridgehead atoms. The first kappa shape index (κ1) is 21.5. The molecule has 32 heavy (non-hydrogen) atoms. The first-order valence-electron chi connectivity index (χ1n) is 10.3. The summed E-state index contributed by atoms with van der Waals surface area (Å²) >= 11 is 0. The number of carbonyl (C=O) groups excluding carboxylic acids is 1. The van der Waals surface area contributed by atoms with E-state index in [-0.39, 0.29) is 25.5 Å². The Bertz CT molecular complexity index is 1250. The van der Waals surface area contributed by atoms with Crippen LogP contribution in [0.15, 0.2) is 65.4 Å². The zero-order valence-corrected chi connectivity index (χ0v) is 17.6. The summed E-state index contributed by atoms with van der Waals surface area (Å²) in [4.78, 5) is 16.1. The van der Waals surface area contributed by atoms with E-state index in [9.17, 15) is 4.79 Å². The van der Waals surface area contributed by atoms with Crippen LogP contribution in [0.25, 0.3) is 22.1 Å². The Hall–Kier alpha value is -3.71. The van der Waals surface area contributed by atoms with Crippen LogP contribution in [0.3, 0.4) is 0 Å². The third-order valence-electron chi connectivity index (χ3n) is 5.06. The SMILES string of the molecule is CCOC(=O)Cc1ccccc1OCc1cc2ccoc2c(-c2ccnc(CN)c2)c1F. The maximum Gasteiger partial charge on any atom is 0.310 e. The van der Waals surface area contributed by atoms with Crippen LogP contribution in [0.1, 0.15) is 23.7 Å². The molecule has 0 aliphatic heterocycles. The van der Waals surface area contributed by atoms with Crippen LogP contribution in [-0.4, -0.2) is 17.6 Å². The molecule has 0 fully saturated rings. The molecule has 0 unspecified atom stereocenters. The van der Waals surface area contributed by atoms with Gasteiger partial charge in [-0.05, 0) is 42.8 Å². The van der Waals surface area contributed by atoms with Crippen molar-refractivity contribution in [3.63, 3.8) is 0 Å². The molecule has 0 atom stereocenters. The van der Waals surface area contributed by atoms with Crippen molar-refractivity contribution in [1.82, 2.24) is 4.98 Å². The average Bonchev–Trinajstić information content (AvgIpc) is 3.26. The number of benzene rings is 2. The molecule has 0 saturated carbocycles. The fourth-order valence-corrected chi connectivity index (χ4v) is 3.57. The van der Waals surface area contributed by atoms with E-state index in [1.807, 2.05) is 6.07 Å². The van der Waals surface area contributed by atoms with Crippen molar-refractivity contribution in [3.05, 3.63) is 83.6 Å². The molecule has 0 saturated heterocycles. The summed E-state index contributed by atoms with van der Waals surface area (Å²) in [5.74, 6) is -0.280. The topological polar surface area (TPSA) is 87.6 Å². The number of carbonyl (C=O) groups is 1. The van der Waals surface area contributed by atoms with Gasteiger partial charge in [0.05, 0.1) is 30.5 Å². The maximum atomic E-state index is 15.6. The van der Waals surface area contributed by atoms with Crippen molar-refractivity contribution in [2.45, 2.75) is 26.5 Å². The van der Waals surface area contributed by atoms with E-state index in [0.29, 0.717) is 45.9 Å². The molecule has 2 aromatic carbocycles. The third-order valence-corrected chi connectivity index (χ3v) is 5.06. The van der Waals surface area contributed by atoms with Gasteiger partial charge in [-0.2, -0.15) is 0 Å². The van der Waals surface area contributed by atoms with Crippen molar-refractivity contribution in [1.29, 1.82) is 0 Å². The lowest BCUT2D eigenvalue weighted by atomic mass is 9.99. The van der Waals surface area contributed by atoms with Crippen molar-refractivity contribution in [3.8, 4) is 16.9 Å². The molecule has 0 spiro atoms. The Morgan fingerprint density at radius 2 is 2.00 bits per heavy atom. The van der Waals surface area contributed by atoms with Gasteiger partial charge < -0.3 is 19.6 Å².